The molecule has 0 bridgehead atoms. The van der Waals surface area contributed by atoms with Crippen LogP contribution in [0.5, 0.6) is 5.75 Å². The van der Waals surface area contributed by atoms with Crippen molar-refractivity contribution in [3.63, 3.8) is 0 Å². The number of urea groups is 1. The molecule has 0 heterocycles. The Balaban J connectivity index is 1.16. The first-order valence-corrected chi connectivity index (χ1v) is 13.3. The minimum Gasteiger partial charge on any atom is -0.489 e. The van der Waals surface area contributed by atoms with Gasteiger partial charge in [0.15, 0.2) is 0 Å². The summed E-state index contributed by atoms with van der Waals surface area (Å²) in [7, 11) is 4.01. The Kier molecular flexibility index (Phi) is 7.68. The number of amidine groups is 1. The number of nitrogens with zero attached hydrogens (tertiary/aromatic N) is 1. The predicted octanol–water partition coefficient (Wildman–Crippen LogP) is 5.13. The topological polar surface area (TPSA) is 103 Å². The number of benzene rings is 4. The van der Waals surface area contributed by atoms with Crippen molar-refractivity contribution in [2.45, 2.75) is 38.5 Å². The highest BCUT2D eigenvalue weighted by atomic mass is 16.5. The van der Waals surface area contributed by atoms with Crippen LogP contribution in [0, 0.1) is 5.41 Å². The van der Waals surface area contributed by atoms with Crippen molar-refractivity contribution in [3.8, 4) is 5.75 Å². The average molecular weight is 522 g/mol. The molecule has 1 aliphatic rings. The fourth-order valence-corrected chi connectivity index (χ4v) is 5.03. The maximum Gasteiger partial charge on any atom is 0.315 e. The highest BCUT2D eigenvalue weighted by Crippen LogP contribution is 2.27. The largest absolute Gasteiger partial charge is 0.489 e. The van der Waals surface area contributed by atoms with Crippen molar-refractivity contribution in [3.05, 3.63) is 107 Å². The molecule has 0 spiro atoms. The maximum absolute atomic E-state index is 12.6. The fraction of sp³-hybridized carbons (Fsp3) is 0.250. The van der Waals surface area contributed by atoms with Gasteiger partial charge in [0, 0.05) is 37.9 Å². The molecular formula is C32H35N5O2. The summed E-state index contributed by atoms with van der Waals surface area (Å²) >= 11 is 0. The number of aryl methyl sites for hydroxylation is 1. The van der Waals surface area contributed by atoms with E-state index in [1.165, 1.54) is 11.1 Å². The van der Waals surface area contributed by atoms with Crippen LogP contribution >= 0.6 is 0 Å². The zero-order chi connectivity index (χ0) is 27.4. The number of nitrogens with two attached hydrogens (primary N) is 1. The van der Waals surface area contributed by atoms with E-state index in [4.69, 9.17) is 15.9 Å². The molecule has 1 atom stereocenters. The first kappa shape index (κ1) is 26.1. The second kappa shape index (κ2) is 11.5. The van der Waals surface area contributed by atoms with Crippen LogP contribution in [0.1, 0.15) is 34.2 Å². The number of carbonyl (C=O) groups is 1. The number of hydrogen-bond donors (Lipinski definition) is 4. The Labute approximate surface area is 229 Å². The molecule has 5 N–H and O–H groups in total. The molecule has 0 fully saturated rings. The molecule has 1 unspecified atom stereocenters. The van der Waals surface area contributed by atoms with Gasteiger partial charge in [-0.1, -0.05) is 42.5 Å². The van der Waals surface area contributed by atoms with Crippen molar-refractivity contribution in [1.29, 1.82) is 5.41 Å². The number of nitrogen functional groups attached to an aromatic ring is 1. The number of amides is 2. The van der Waals surface area contributed by atoms with E-state index in [9.17, 15) is 4.79 Å². The molecule has 0 saturated carbocycles. The van der Waals surface area contributed by atoms with E-state index in [0.717, 1.165) is 58.2 Å². The Hall–Kier alpha value is -4.52. The summed E-state index contributed by atoms with van der Waals surface area (Å²) in [5, 5.41) is 15.9. The van der Waals surface area contributed by atoms with E-state index >= 15 is 0 Å². The van der Waals surface area contributed by atoms with Gasteiger partial charge in [-0.15, -0.1) is 0 Å². The van der Waals surface area contributed by atoms with Crippen molar-refractivity contribution < 1.29 is 9.53 Å². The third-order valence-electron chi connectivity index (χ3n) is 7.24. The average Bonchev–Trinajstić information content (AvgIpc) is 2.94. The summed E-state index contributed by atoms with van der Waals surface area (Å²) in [6.45, 7) is 0.948. The monoisotopic (exact) mass is 521 g/mol. The molecule has 200 valence electrons. The molecule has 0 radical (unpaired) electrons. The van der Waals surface area contributed by atoms with Gasteiger partial charge in [-0.25, -0.2) is 4.79 Å². The predicted molar refractivity (Wildman–Crippen MR) is 158 cm³/mol. The number of fused-ring (bicyclic) bond motifs is 2. The number of anilines is 1. The van der Waals surface area contributed by atoms with E-state index in [1.807, 2.05) is 62.6 Å². The first-order valence-electron chi connectivity index (χ1n) is 13.3. The zero-order valence-corrected chi connectivity index (χ0v) is 22.5. The highest BCUT2D eigenvalue weighted by Gasteiger charge is 2.21. The van der Waals surface area contributed by atoms with Crippen LogP contribution < -0.4 is 26.0 Å². The van der Waals surface area contributed by atoms with Gasteiger partial charge in [0.2, 0.25) is 0 Å². The van der Waals surface area contributed by atoms with Gasteiger partial charge in [-0.3, -0.25) is 5.41 Å². The van der Waals surface area contributed by atoms with Crippen molar-refractivity contribution >= 4 is 28.3 Å². The normalized spacial score (nSPS) is 14.4. The van der Waals surface area contributed by atoms with Crippen LogP contribution in [0.2, 0.25) is 0 Å². The van der Waals surface area contributed by atoms with Gasteiger partial charge in [-0.05, 0) is 88.7 Å². The number of rotatable bonds is 8. The van der Waals surface area contributed by atoms with Crippen molar-refractivity contribution in [2.75, 3.05) is 19.0 Å². The number of ether oxygens (including phenoxy) is 1. The van der Waals surface area contributed by atoms with Crippen LogP contribution in [-0.4, -0.2) is 32.0 Å². The molecule has 4 aromatic carbocycles. The quantitative estimate of drug-likeness (QED) is 0.191. The minimum absolute atomic E-state index is 0.0701. The summed E-state index contributed by atoms with van der Waals surface area (Å²) in [4.78, 5) is 14.7. The molecule has 5 rings (SSSR count). The second-order valence-corrected chi connectivity index (χ2v) is 10.4. The van der Waals surface area contributed by atoms with Crippen LogP contribution in [0.4, 0.5) is 10.5 Å². The molecule has 0 saturated heterocycles. The summed E-state index contributed by atoms with van der Waals surface area (Å²) in [5.74, 6) is 0.896. The smallest absolute Gasteiger partial charge is 0.315 e. The van der Waals surface area contributed by atoms with Crippen molar-refractivity contribution in [2.24, 2.45) is 5.73 Å². The van der Waals surface area contributed by atoms with Crippen molar-refractivity contribution in [1.82, 2.24) is 10.6 Å². The van der Waals surface area contributed by atoms with Gasteiger partial charge in [0.05, 0.1) is 0 Å². The first-order chi connectivity index (χ1) is 18.8. The lowest BCUT2D eigenvalue weighted by atomic mass is 9.88. The molecule has 2 amide bonds. The van der Waals surface area contributed by atoms with Gasteiger partial charge < -0.3 is 26.0 Å². The van der Waals surface area contributed by atoms with E-state index in [1.54, 1.807) is 0 Å². The van der Waals surface area contributed by atoms with Crippen LogP contribution in [-0.2, 0) is 26.0 Å². The lowest BCUT2D eigenvalue weighted by Gasteiger charge is -2.26. The lowest BCUT2D eigenvalue weighted by Crippen LogP contribution is -2.44. The van der Waals surface area contributed by atoms with E-state index in [0.29, 0.717) is 13.2 Å². The Bertz CT molecular complexity index is 1510. The molecule has 39 heavy (non-hydrogen) atoms. The number of hydrogen-bond acceptors (Lipinski definition) is 4. The van der Waals surface area contributed by atoms with E-state index < -0.39 is 0 Å². The number of nitrogens with one attached hydrogen (secondary N) is 3. The third-order valence-corrected chi connectivity index (χ3v) is 7.24. The summed E-state index contributed by atoms with van der Waals surface area (Å²) in [5.41, 5.74) is 12.1. The Morgan fingerprint density at radius 1 is 0.974 bits per heavy atom. The van der Waals surface area contributed by atoms with Gasteiger partial charge in [-0.2, -0.15) is 0 Å². The molecule has 4 aromatic rings. The molecule has 1 aliphatic carbocycles. The second-order valence-electron chi connectivity index (χ2n) is 10.4. The molecule has 7 nitrogen and oxygen atoms in total. The summed E-state index contributed by atoms with van der Waals surface area (Å²) in [6.07, 6.45) is 2.63. The molecule has 7 heteroatoms. The van der Waals surface area contributed by atoms with Gasteiger partial charge in [0.1, 0.15) is 18.2 Å². The fourth-order valence-electron chi connectivity index (χ4n) is 5.03. The zero-order valence-electron chi connectivity index (χ0n) is 22.5. The Morgan fingerprint density at radius 3 is 2.62 bits per heavy atom. The SMILES string of the molecule is CN(C)c1cccc(CNC(=O)NC2CCc3ccc(OCc4ccc5cc(C(=N)N)ccc5c4)cc3C2)c1. The number of carbonyl (C=O) groups excluding carboxylic acids is 1. The minimum atomic E-state index is -0.141. The highest BCUT2D eigenvalue weighted by molar-refractivity contribution is 5.99. The van der Waals surface area contributed by atoms with Crippen LogP contribution in [0.3, 0.4) is 0 Å². The lowest BCUT2D eigenvalue weighted by molar-refractivity contribution is 0.235. The molecule has 0 aliphatic heterocycles. The molecule has 0 aromatic heterocycles. The van der Waals surface area contributed by atoms with Gasteiger partial charge in [0.25, 0.3) is 0 Å². The van der Waals surface area contributed by atoms with Gasteiger partial charge >= 0.3 is 6.03 Å². The van der Waals surface area contributed by atoms with E-state index in [-0.39, 0.29) is 17.9 Å². The third kappa shape index (κ3) is 6.49. The maximum atomic E-state index is 12.6. The van der Waals surface area contributed by atoms with Crippen LogP contribution in [0.25, 0.3) is 10.8 Å². The van der Waals surface area contributed by atoms with Crippen LogP contribution in [0.15, 0.2) is 78.9 Å². The standard InChI is InChI=1S/C32H35N5O2/c1-37(2)29-5-3-4-21(15-29)19-35-32(38)36-28-12-10-23-11-13-30(18-27(23)17-28)39-20-22-6-7-25-16-26(31(33)34)9-8-24(25)14-22/h3-9,11,13-16,18,28H,10,12,17,19-20H2,1-2H3,(H3,33,34)(H2,35,36,38). The van der Waals surface area contributed by atoms with E-state index in [2.05, 4.69) is 45.9 Å². The Morgan fingerprint density at radius 2 is 1.79 bits per heavy atom. The molecular weight excluding hydrogens is 486 g/mol. The summed E-state index contributed by atoms with van der Waals surface area (Å²) < 4.78 is 6.14. The summed E-state index contributed by atoms with van der Waals surface area (Å²) in [6, 6.07) is 26.3.